The molecule has 0 saturated heterocycles. The summed E-state index contributed by atoms with van der Waals surface area (Å²) in [5, 5.41) is 18.4. The van der Waals surface area contributed by atoms with Crippen LogP contribution in [0.2, 0.25) is 0 Å². The molecule has 0 aliphatic carbocycles. The first-order valence-corrected chi connectivity index (χ1v) is 39.6. The number of hydrogen-bond acceptors (Lipinski definition) is 3. The van der Waals surface area contributed by atoms with Crippen molar-refractivity contribution < 1.29 is 0 Å². The lowest BCUT2D eigenvalue weighted by Gasteiger charge is -2.14. The van der Waals surface area contributed by atoms with E-state index in [9.17, 15) is 0 Å². The molecule has 18 aromatic carbocycles. The molecule has 0 bridgehead atoms. The van der Waals surface area contributed by atoms with E-state index in [1.165, 1.54) is 131 Å². The van der Waals surface area contributed by atoms with E-state index in [-0.39, 0.29) is 0 Å². The monoisotopic (exact) mass is 1480 g/mol. The number of benzene rings is 18. The van der Waals surface area contributed by atoms with Gasteiger partial charge in [-0.2, -0.15) is 0 Å². The minimum absolute atomic E-state index is 0.713. The van der Waals surface area contributed by atoms with Crippen molar-refractivity contribution in [1.82, 2.24) is 33.2 Å². The molecule has 6 heterocycles. The Kier molecular flexibility index (Phi) is 15.5. The molecule has 24 aromatic rings. The average molecular weight is 1480 g/mol. The molecule has 0 aliphatic heterocycles. The molecule has 7 nitrogen and oxygen atoms in total. The highest BCUT2D eigenvalue weighted by Gasteiger charge is 2.23. The van der Waals surface area contributed by atoms with Crippen LogP contribution < -0.4 is 0 Å². The van der Waals surface area contributed by atoms with Gasteiger partial charge >= 0.3 is 0 Å². The van der Waals surface area contributed by atoms with Crippen molar-refractivity contribution in [2.75, 3.05) is 0 Å². The van der Waals surface area contributed by atoms with Gasteiger partial charge in [0, 0.05) is 71.0 Å². The van der Waals surface area contributed by atoms with Gasteiger partial charge in [-0.05, 0) is 198 Å². The number of para-hydroxylation sites is 5. The number of nitrogens with zero attached hydrogens (tertiary/aromatic N) is 7. The van der Waals surface area contributed by atoms with E-state index in [1.54, 1.807) is 0 Å². The fraction of sp³-hybridized carbons (Fsp3) is 0. The van der Waals surface area contributed by atoms with E-state index < -0.39 is 0 Å². The third kappa shape index (κ3) is 10.9. The van der Waals surface area contributed by atoms with Gasteiger partial charge in [0.25, 0.3) is 0 Å². The summed E-state index contributed by atoms with van der Waals surface area (Å²) in [4.78, 5) is 15.6. The molecule has 540 valence electrons. The van der Waals surface area contributed by atoms with Crippen molar-refractivity contribution in [3.05, 3.63) is 419 Å². The van der Waals surface area contributed by atoms with Crippen molar-refractivity contribution in [3.63, 3.8) is 0 Å². The second-order valence-corrected chi connectivity index (χ2v) is 30.2. The summed E-state index contributed by atoms with van der Waals surface area (Å²) in [7, 11) is 0. The predicted octanol–water partition coefficient (Wildman–Crippen LogP) is 28.6. The highest BCUT2D eigenvalue weighted by molar-refractivity contribution is 6.26. The Balaban J connectivity index is 0.000000137. The van der Waals surface area contributed by atoms with Crippen LogP contribution in [0.3, 0.4) is 0 Å². The van der Waals surface area contributed by atoms with Gasteiger partial charge in [0.2, 0.25) is 0 Å². The molecule has 0 unspecified atom stereocenters. The zero-order valence-electron chi connectivity index (χ0n) is 63.0. The first kappa shape index (κ1) is 66.2. The highest BCUT2D eigenvalue weighted by Crippen LogP contribution is 2.45. The SMILES string of the molecule is c1ccc(-c2ccc(-n3c4ccccc4c4cc(-c5ccc6c(c5)c5ccccc5n6-c5cc(-c6ccccc6)cc(-c6ccccc6)n5)ccc43)cc2)cc1.c1ccc(-c2nc(-n3c4ccccc4c4cc(-c5ccc6c(c5)c5ccccc5n6-c5ccc6c7ccccc7c7ccccc7c6c5)ccc43)c3ccccc3n2)cc1. The first-order chi connectivity index (χ1) is 57.5. The molecular weight excluding hydrogens is 1410 g/mol. The van der Waals surface area contributed by atoms with Crippen LogP contribution >= 0.6 is 0 Å². The zero-order chi connectivity index (χ0) is 76.3. The summed E-state index contributed by atoms with van der Waals surface area (Å²) in [6.45, 7) is 0. The largest absolute Gasteiger partial charge is 0.309 e. The van der Waals surface area contributed by atoms with E-state index in [0.717, 1.165) is 83.9 Å². The molecular formula is C109H69N7. The minimum Gasteiger partial charge on any atom is -0.309 e. The van der Waals surface area contributed by atoms with E-state index >= 15 is 0 Å². The Morgan fingerprint density at radius 3 is 0.974 bits per heavy atom. The molecule has 0 N–H and O–H groups in total. The van der Waals surface area contributed by atoms with Crippen LogP contribution in [0.1, 0.15) is 0 Å². The quantitative estimate of drug-likeness (QED) is 0.128. The summed E-state index contributed by atoms with van der Waals surface area (Å²) in [5.74, 6) is 2.49. The number of fused-ring (bicyclic) bond motifs is 19. The second kappa shape index (κ2) is 27.1. The van der Waals surface area contributed by atoms with Gasteiger partial charge in [0.05, 0.1) is 55.3 Å². The first-order valence-electron chi connectivity index (χ1n) is 39.6. The Bertz CT molecular complexity index is 7960. The maximum atomic E-state index is 5.32. The van der Waals surface area contributed by atoms with Crippen LogP contribution in [0.4, 0.5) is 0 Å². The molecule has 0 atom stereocenters. The van der Waals surface area contributed by atoms with E-state index in [0.29, 0.717) is 5.82 Å². The van der Waals surface area contributed by atoms with Crippen molar-refractivity contribution in [2.24, 2.45) is 0 Å². The topological polar surface area (TPSA) is 58.4 Å². The van der Waals surface area contributed by atoms with Crippen LogP contribution in [0.15, 0.2) is 419 Å². The maximum Gasteiger partial charge on any atom is 0.162 e. The van der Waals surface area contributed by atoms with Gasteiger partial charge in [-0.1, -0.05) is 297 Å². The summed E-state index contributed by atoms with van der Waals surface area (Å²) in [6.07, 6.45) is 0. The Morgan fingerprint density at radius 2 is 0.483 bits per heavy atom. The van der Waals surface area contributed by atoms with Crippen molar-refractivity contribution in [1.29, 1.82) is 0 Å². The lowest BCUT2D eigenvalue weighted by molar-refractivity contribution is 1.08. The van der Waals surface area contributed by atoms with Crippen LogP contribution in [0, 0.1) is 0 Å². The third-order valence-corrected chi connectivity index (χ3v) is 23.6. The molecule has 0 saturated carbocycles. The maximum absolute atomic E-state index is 5.32. The van der Waals surface area contributed by atoms with Gasteiger partial charge in [0.1, 0.15) is 11.6 Å². The number of aromatic nitrogens is 7. The summed E-state index contributed by atoms with van der Waals surface area (Å²) >= 11 is 0. The highest BCUT2D eigenvalue weighted by atomic mass is 15.1. The molecule has 0 fully saturated rings. The predicted molar refractivity (Wildman–Crippen MR) is 486 cm³/mol. The Labute approximate surface area is 668 Å². The zero-order valence-corrected chi connectivity index (χ0v) is 63.0. The van der Waals surface area contributed by atoms with Crippen molar-refractivity contribution in [2.45, 2.75) is 0 Å². The van der Waals surface area contributed by atoms with E-state index in [2.05, 4.69) is 413 Å². The second-order valence-electron chi connectivity index (χ2n) is 30.2. The van der Waals surface area contributed by atoms with E-state index in [4.69, 9.17) is 15.0 Å². The van der Waals surface area contributed by atoms with Gasteiger partial charge in [-0.3, -0.25) is 9.13 Å². The normalized spacial score (nSPS) is 11.8. The molecule has 0 aliphatic rings. The van der Waals surface area contributed by atoms with Gasteiger partial charge in [-0.25, -0.2) is 15.0 Å². The van der Waals surface area contributed by atoms with Gasteiger partial charge in [-0.15, -0.1) is 0 Å². The van der Waals surface area contributed by atoms with E-state index in [1.807, 2.05) is 24.3 Å². The summed E-state index contributed by atoms with van der Waals surface area (Å²) in [5.41, 5.74) is 25.0. The molecule has 6 aromatic heterocycles. The number of rotatable bonds is 10. The van der Waals surface area contributed by atoms with Crippen molar-refractivity contribution >= 4 is 130 Å². The fourth-order valence-electron chi connectivity index (χ4n) is 18.2. The lowest BCUT2D eigenvalue weighted by Crippen LogP contribution is -2.02. The van der Waals surface area contributed by atoms with Crippen LogP contribution in [-0.2, 0) is 0 Å². The van der Waals surface area contributed by atoms with Gasteiger partial charge < -0.3 is 9.13 Å². The molecule has 0 amide bonds. The van der Waals surface area contributed by atoms with Crippen LogP contribution in [0.25, 0.3) is 221 Å². The molecule has 0 radical (unpaired) electrons. The number of pyridine rings is 1. The standard InChI is InChI=1S/C56H34N4.C53H35N3/c1-2-14-35(15-3-1)55-57-50-23-11-8-22-46(50)56(58-55)60-52-25-13-10-21-45(52)49-33-37(27-31-54(49)60)36-26-30-53-48(32-36)44-20-9-12-24-51(44)59(53)38-28-29-43-41-18-5-4-16-39(41)40-17-6-7-19-42(40)47(43)34-38;1-4-14-36(15-5-1)38-24-28-43(29-25-38)55-49-22-12-10-20-44(49)46-32-40(26-30-51(46)55)41-27-31-52-47(33-41)45-21-11-13-23-50(45)56(52)53-35-42(37-16-6-2-7-17-37)34-48(54-53)39-18-8-3-9-19-39/h1-34H;1-35H. The molecule has 7 heteroatoms. The minimum atomic E-state index is 0.713. The smallest absolute Gasteiger partial charge is 0.162 e. The van der Waals surface area contributed by atoms with Crippen molar-refractivity contribution in [3.8, 4) is 90.2 Å². The van der Waals surface area contributed by atoms with Crippen LogP contribution in [0.5, 0.6) is 0 Å². The van der Waals surface area contributed by atoms with Crippen LogP contribution in [-0.4, -0.2) is 33.2 Å². The fourth-order valence-corrected chi connectivity index (χ4v) is 18.2. The van der Waals surface area contributed by atoms with Gasteiger partial charge in [0.15, 0.2) is 5.82 Å². The summed E-state index contributed by atoms with van der Waals surface area (Å²) in [6, 6.07) is 151. The molecule has 116 heavy (non-hydrogen) atoms. The number of hydrogen-bond donors (Lipinski definition) is 0. The average Bonchev–Trinajstić information content (AvgIpc) is 1.50. The lowest BCUT2D eigenvalue weighted by atomic mass is 9.94. The molecule has 24 rings (SSSR count). The Hall–Kier alpha value is -15.6. The summed E-state index contributed by atoms with van der Waals surface area (Å²) < 4.78 is 9.47. The Morgan fingerprint density at radius 1 is 0.155 bits per heavy atom. The third-order valence-electron chi connectivity index (χ3n) is 23.6. The molecule has 0 spiro atoms.